The van der Waals surface area contributed by atoms with Gasteiger partial charge < -0.3 is 9.64 Å². The summed E-state index contributed by atoms with van der Waals surface area (Å²) in [4.78, 5) is 7.05. The summed E-state index contributed by atoms with van der Waals surface area (Å²) in [7, 11) is -3.58. The molecule has 26 heavy (non-hydrogen) atoms. The van der Waals surface area contributed by atoms with Crippen molar-refractivity contribution in [2.45, 2.75) is 24.7 Å². The normalized spacial score (nSPS) is 17.9. The highest BCUT2D eigenvalue weighted by molar-refractivity contribution is 7.92. The van der Waals surface area contributed by atoms with E-state index in [1.54, 1.807) is 16.4 Å². The first kappa shape index (κ1) is 17.3. The Morgan fingerprint density at radius 3 is 2.54 bits per heavy atom. The van der Waals surface area contributed by atoms with E-state index >= 15 is 0 Å². The number of hydrogen-bond acceptors (Lipinski definition) is 5. The smallest absolute Gasteiger partial charge is 0.264 e. The molecule has 138 valence electrons. The van der Waals surface area contributed by atoms with Crippen LogP contribution in [0.3, 0.4) is 0 Å². The van der Waals surface area contributed by atoms with Crippen molar-refractivity contribution in [3.8, 4) is 0 Å². The van der Waals surface area contributed by atoms with Gasteiger partial charge in [-0.15, -0.1) is 0 Å². The van der Waals surface area contributed by atoms with Gasteiger partial charge in [-0.2, -0.15) is 0 Å². The molecule has 1 fully saturated rings. The van der Waals surface area contributed by atoms with Crippen molar-refractivity contribution >= 4 is 21.5 Å². The molecule has 7 heteroatoms. The van der Waals surface area contributed by atoms with Gasteiger partial charge in [0.05, 0.1) is 23.8 Å². The molecule has 2 aromatic rings. The highest BCUT2D eigenvalue weighted by Gasteiger charge is 2.30. The molecule has 1 saturated heterocycles. The van der Waals surface area contributed by atoms with Crippen molar-refractivity contribution in [1.29, 1.82) is 0 Å². The number of morpholine rings is 1. The number of fused-ring (bicyclic) bond motifs is 1. The lowest BCUT2D eigenvalue weighted by molar-refractivity contribution is 0.122. The van der Waals surface area contributed by atoms with Crippen molar-refractivity contribution in [3.63, 3.8) is 0 Å². The highest BCUT2D eigenvalue weighted by atomic mass is 32.2. The lowest BCUT2D eigenvalue weighted by atomic mass is 10.1. The van der Waals surface area contributed by atoms with Crippen LogP contribution in [0.15, 0.2) is 41.4 Å². The SMILES string of the molecule is Cc1ccc(S(=O)(=O)N2CCCc3cnc(N4CCOCC4)cc32)cc1. The molecule has 0 aliphatic carbocycles. The first-order valence-corrected chi connectivity index (χ1v) is 10.4. The minimum atomic E-state index is -3.58. The van der Waals surface area contributed by atoms with Crippen molar-refractivity contribution in [2.75, 3.05) is 42.1 Å². The van der Waals surface area contributed by atoms with E-state index in [2.05, 4.69) is 9.88 Å². The fourth-order valence-corrected chi connectivity index (χ4v) is 5.01. The second-order valence-corrected chi connectivity index (χ2v) is 8.63. The van der Waals surface area contributed by atoms with Gasteiger partial charge in [-0.05, 0) is 37.5 Å². The van der Waals surface area contributed by atoms with Gasteiger partial charge in [-0.1, -0.05) is 17.7 Å². The highest BCUT2D eigenvalue weighted by Crippen LogP contribution is 2.34. The summed E-state index contributed by atoms with van der Waals surface area (Å²) in [6.45, 7) is 5.34. The molecule has 0 unspecified atom stereocenters. The molecule has 1 aromatic heterocycles. The van der Waals surface area contributed by atoms with Crippen molar-refractivity contribution in [3.05, 3.63) is 47.7 Å². The van der Waals surface area contributed by atoms with Crippen molar-refractivity contribution in [1.82, 2.24) is 4.98 Å². The molecule has 3 heterocycles. The minimum Gasteiger partial charge on any atom is -0.378 e. The molecule has 0 atom stereocenters. The van der Waals surface area contributed by atoms with Crippen LogP contribution in [-0.4, -0.2) is 46.2 Å². The Balaban J connectivity index is 1.72. The Morgan fingerprint density at radius 2 is 1.81 bits per heavy atom. The fraction of sp³-hybridized carbons (Fsp3) is 0.421. The lowest BCUT2D eigenvalue weighted by Crippen LogP contribution is -2.38. The summed E-state index contributed by atoms with van der Waals surface area (Å²) in [5.41, 5.74) is 2.79. The second-order valence-electron chi connectivity index (χ2n) is 6.76. The number of anilines is 2. The van der Waals surface area contributed by atoms with Crippen LogP contribution in [0.25, 0.3) is 0 Å². The van der Waals surface area contributed by atoms with Gasteiger partial charge in [0.1, 0.15) is 5.82 Å². The number of benzene rings is 1. The van der Waals surface area contributed by atoms with Gasteiger partial charge in [0.15, 0.2) is 0 Å². The summed E-state index contributed by atoms with van der Waals surface area (Å²) >= 11 is 0. The third-order valence-corrected chi connectivity index (χ3v) is 6.79. The number of aromatic nitrogens is 1. The molecule has 1 aromatic carbocycles. The van der Waals surface area contributed by atoms with E-state index < -0.39 is 10.0 Å². The molecule has 2 aliphatic heterocycles. The number of nitrogens with zero attached hydrogens (tertiary/aromatic N) is 3. The zero-order valence-corrected chi connectivity index (χ0v) is 15.7. The van der Waals surface area contributed by atoms with Crippen LogP contribution >= 0.6 is 0 Å². The Bertz CT molecular complexity index is 891. The van der Waals surface area contributed by atoms with E-state index in [0.29, 0.717) is 24.7 Å². The maximum atomic E-state index is 13.2. The predicted octanol–water partition coefficient (Wildman–Crippen LogP) is 2.37. The van der Waals surface area contributed by atoms with E-state index in [0.717, 1.165) is 48.6 Å². The number of sulfonamides is 1. The summed E-state index contributed by atoms with van der Waals surface area (Å²) in [5.74, 6) is 0.818. The van der Waals surface area contributed by atoms with E-state index in [1.165, 1.54) is 0 Å². The average Bonchev–Trinajstić information content (AvgIpc) is 2.68. The van der Waals surface area contributed by atoms with Gasteiger partial charge in [0.2, 0.25) is 0 Å². The molecule has 0 saturated carbocycles. The quantitative estimate of drug-likeness (QED) is 0.827. The van der Waals surface area contributed by atoms with Gasteiger partial charge in [0.25, 0.3) is 10.0 Å². The number of rotatable bonds is 3. The molecule has 0 bridgehead atoms. The number of aryl methyl sites for hydroxylation is 2. The Morgan fingerprint density at radius 1 is 1.08 bits per heavy atom. The number of ether oxygens (including phenoxy) is 1. The summed E-state index contributed by atoms with van der Waals surface area (Å²) < 4.78 is 33.4. The van der Waals surface area contributed by atoms with Crippen LogP contribution < -0.4 is 9.21 Å². The van der Waals surface area contributed by atoms with Gasteiger partial charge in [0, 0.05) is 31.9 Å². The number of pyridine rings is 1. The summed E-state index contributed by atoms with van der Waals surface area (Å²) in [5, 5.41) is 0. The van der Waals surface area contributed by atoms with Crippen LogP contribution in [0.5, 0.6) is 0 Å². The molecule has 4 rings (SSSR count). The first-order valence-electron chi connectivity index (χ1n) is 8.97. The Kier molecular flexibility index (Phi) is 4.58. The summed E-state index contributed by atoms with van der Waals surface area (Å²) in [6.07, 6.45) is 3.49. The van der Waals surface area contributed by atoms with Crippen molar-refractivity contribution < 1.29 is 13.2 Å². The summed E-state index contributed by atoms with van der Waals surface area (Å²) in [6, 6.07) is 8.96. The minimum absolute atomic E-state index is 0.334. The van der Waals surface area contributed by atoms with Crippen LogP contribution in [0.1, 0.15) is 17.5 Å². The van der Waals surface area contributed by atoms with Crippen LogP contribution in [-0.2, 0) is 21.2 Å². The van der Waals surface area contributed by atoms with Crippen LogP contribution in [0.2, 0.25) is 0 Å². The average molecular weight is 373 g/mol. The molecular formula is C19H23N3O3S. The molecule has 0 N–H and O–H groups in total. The molecule has 0 spiro atoms. The third-order valence-electron chi connectivity index (χ3n) is 4.97. The van der Waals surface area contributed by atoms with Crippen LogP contribution in [0.4, 0.5) is 11.5 Å². The zero-order valence-electron chi connectivity index (χ0n) is 14.9. The van der Waals surface area contributed by atoms with E-state index in [-0.39, 0.29) is 0 Å². The molecule has 0 amide bonds. The van der Waals surface area contributed by atoms with Crippen molar-refractivity contribution in [2.24, 2.45) is 0 Å². The second kappa shape index (κ2) is 6.89. The molecule has 0 radical (unpaired) electrons. The van der Waals surface area contributed by atoms with Gasteiger partial charge in [-0.25, -0.2) is 13.4 Å². The zero-order chi connectivity index (χ0) is 18.1. The Hall–Kier alpha value is -2.12. The van der Waals surface area contributed by atoms with E-state index in [1.807, 2.05) is 31.3 Å². The number of hydrogen-bond donors (Lipinski definition) is 0. The third kappa shape index (κ3) is 3.17. The topological polar surface area (TPSA) is 62.7 Å². The fourth-order valence-electron chi connectivity index (χ4n) is 3.47. The van der Waals surface area contributed by atoms with E-state index in [9.17, 15) is 8.42 Å². The van der Waals surface area contributed by atoms with Crippen LogP contribution in [0, 0.1) is 6.92 Å². The van der Waals surface area contributed by atoms with E-state index in [4.69, 9.17) is 4.74 Å². The lowest BCUT2D eigenvalue weighted by Gasteiger charge is -2.33. The maximum absolute atomic E-state index is 13.2. The first-order chi connectivity index (χ1) is 12.6. The van der Waals surface area contributed by atoms with Gasteiger partial charge in [-0.3, -0.25) is 4.31 Å². The monoisotopic (exact) mass is 373 g/mol. The standard InChI is InChI=1S/C19H23N3O3S/c1-15-4-6-17(7-5-15)26(23,24)22-8-2-3-16-14-20-19(13-18(16)22)21-9-11-25-12-10-21/h4-7,13-14H,2-3,8-12H2,1H3. The largest absolute Gasteiger partial charge is 0.378 e. The molecule has 6 nitrogen and oxygen atoms in total. The van der Waals surface area contributed by atoms with Gasteiger partial charge >= 0.3 is 0 Å². The maximum Gasteiger partial charge on any atom is 0.264 e. The Labute approximate surface area is 154 Å². The predicted molar refractivity (Wildman–Crippen MR) is 101 cm³/mol. The molecular weight excluding hydrogens is 350 g/mol. The molecule has 2 aliphatic rings.